The smallest absolute Gasteiger partial charge is 0.870 e. The van der Waals surface area contributed by atoms with Gasteiger partial charge in [0.15, 0.2) is 8.24 Å². The minimum Gasteiger partial charge on any atom is -0.870 e. The first-order valence-corrected chi connectivity index (χ1v) is 7.61. The van der Waals surface area contributed by atoms with E-state index in [1.807, 2.05) is 20.8 Å². The molecule has 0 aromatic heterocycles. The molecule has 0 atom stereocenters. The summed E-state index contributed by atoms with van der Waals surface area (Å²) in [7, 11) is -1.17. The topological polar surface area (TPSA) is 50.3 Å². The molecule has 98 valence electrons. The van der Waals surface area contributed by atoms with E-state index in [-0.39, 0.29) is 40.1 Å². The number of halogens is 3. The monoisotopic (exact) mass is 281 g/mol. The maximum atomic E-state index is 12.2. The van der Waals surface area contributed by atoms with E-state index < -0.39 is 20.3 Å². The molecule has 0 bridgehead atoms. The molecule has 0 rings (SSSR count). The van der Waals surface area contributed by atoms with Gasteiger partial charge in [0.05, 0.1) is 0 Å². The van der Waals surface area contributed by atoms with Crippen LogP contribution in [0, 0.1) is 0 Å². The zero-order chi connectivity index (χ0) is 12.7. The SMILES string of the molecule is CN(C(=O)C(F)(F)F)[Si](C)(C)C(C)(C)C.[Na+].[OH-]. The van der Waals surface area contributed by atoms with Crippen LogP contribution in [0.1, 0.15) is 20.8 Å². The number of carbonyl (C=O) groups excluding carboxylic acids is 1. The molecule has 1 N–H and O–H groups in total. The zero-order valence-electron chi connectivity index (χ0n) is 11.4. The molecule has 0 aliphatic rings. The fourth-order valence-electron chi connectivity index (χ4n) is 0.947. The Balaban J connectivity index is -0.000000980. The fourth-order valence-corrected chi connectivity index (χ4v) is 2.59. The number of alkyl halides is 3. The summed E-state index contributed by atoms with van der Waals surface area (Å²) in [5.41, 5.74) is 0. The molecule has 1 amide bonds. The van der Waals surface area contributed by atoms with Crippen LogP contribution in [0.4, 0.5) is 13.2 Å². The first kappa shape index (κ1) is 22.6. The number of amides is 1. The Kier molecular flexibility index (Phi) is 8.72. The average molecular weight is 281 g/mol. The summed E-state index contributed by atoms with van der Waals surface area (Å²) in [6.07, 6.45) is -4.77. The van der Waals surface area contributed by atoms with Gasteiger partial charge in [0, 0.05) is 7.05 Å². The first-order valence-electron chi connectivity index (χ1n) is 4.67. The zero-order valence-corrected chi connectivity index (χ0v) is 14.4. The Hall–Kier alpha value is 0.437. The molecule has 8 heteroatoms. The second-order valence-corrected chi connectivity index (χ2v) is 10.5. The molecule has 0 aliphatic carbocycles. The molecular formula is C9H19F3NNaO2Si. The quantitative estimate of drug-likeness (QED) is 0.627. The Morgan fingerprint density at radius 3 is 1.59 bits per heavy atom. The predicted octanol–water partition coefficient (Wildman–Crippen LogP) is -0.160. The van der Waals surface area contributed by atoms with Gasteiger partial charge in [-0.05, 0) is 5.04 Å². The molecule has 0 aromatic rings. The number of nitrogens with zero attached hydrogens (tertiary/aromatic N) is 1. The molecule has 3 nitrogen and oxygen atoms in total. The third-order valence-electron chi connectivity index (χ3n) is 3.22. The van der Waals surface area contributed by atoms with E-state index in [0.29, 0.717) is 0 Å². The van der Waals surface area contributed by atoms with Crippen LogP contribution in [0.25, 0.3) is 0 Å². The summed E-state index contributed by atoms with van der Waals surface area (Å²) in [5.74, 6) is -1.74. The molecular weight excluding hydrogens is 262 g/mol. The third-order valence-corrected chi connectivity index (χ3v) is 8.77. The van der Waals surface area contributed by atoms with Gasteiger partial charge in [0.25, 0.3) is 0 Å². The summed E-state index contributed by atoms with van der Waals surface area (Å²) in [6.45, 7) is 9.10. The van der Waals surface area contributed by atoms with Crippen LogP contribution >= 0.6 is 0 Å². The van der Waals surface area contributed by atoms with E-state index in [0.717, 1.165) is 4.57 Å². The van der Waals surface area contributed by atoms with E-state index in [9.17, 15) is 18.0 Å². The molecule has 0 heterocycles. The van der Waals surface area contributed by atoms with Gasteiger partial charge in [0.2, 0.25) is 0 Å². The van der Waals surface area contributed by atoms with Crippen molar-refractivity contribution in [2.24, 2.45) is 0 Å². The normalized spacial score (nSPS) is 12.3. The molecule has 0 saturated heterocycles. The molecule has 17 heavy (non-hydrogen) atoms. The van der Waals surface area contributed by atoms with Crippen molar-refractivity contribution in [2.75, 3.05) is 7.05 Å². The second kappa shape index (κ2) is 6.56. The van der Waals surface area contributed by atoms with Crippen molar-refractivity contribution in [1.29, 1.82) is 0 Å². The van der Waals surface area contributed by atoms with E-state index in [1.54, 1.807) is 13.1 Å². The van der Waals surface area contributed by atoms with E-state index in [4.69, 9.17) is 0 Å². The summed E-state index contributed by atoms with van der Waals surface area (Å²) >= 11 is 0. The summed E-state index contributed by atoms with van der Waals surface area (Å²) < 4.78 is 37.6. The Morgan fingerprint density at radius 2 is 1.41 bits per heavy atom. The third kappa shape index (κ3) is 5.29. The first-order chi connectivity index (χ1) is 6.32. The van der Waals surface area contributed by atoms with Crippen molar-refractivity contribution in [3.05, 3.63) is 0 Å². The van der Waals surface area contributed by atoms with Crippen molar-refractivity contribution in [3.63, 3.8) is 0 Å². The maximum absolute atomic E-state index is 12.2. The Morgan fingerprint density at radius 1 is 1.12 bits per heavy atom. The van der Waals surface area contributed by atoms with Crippen molar-refractivity contribution in [1.82, 2.24) is 4.57 Å². The Bertz CT molecular complexity index is 264. The molecule has 0 spiro atoms. The van der Waals surface area contributed by atoms with Crippen LogP contribution in [0.5, 0.6) is 0 Å². The molecule has 0 unspecified atom stereocenters. The van der Waals surface area contributed by atoms with Crippen molar-refractivity contribution < 1.29 is 53.0 Å². The van der Waals surface area contributed by atoms with Crippen LogP contribution in [-0.2, 0) is 4.79 Å². The van der Waals surface area contributed by atoms with Gasteiger partial charge >= 0.3 is 41.6 Å². The van der Waals surface area contributed by atoms with E-state index in [2.05, 4.69) is 0 Å². The molecule has 0 aromatic carbocycles. The summed E-state index contributed by atoms with van der Waals surface area (Å²) in [5, 5.41) is -0.289. The van der Waals surface area contributed by atoms with Crippen molar-refractivity contribution in [2.45, 2.75) is 45.1 Å². The van der Waals surface area contributed by atoms with Gasteiger partial charge in [-0.3, -0.25) is 4.79 Å². The van der Waals surface area contributed by atoms with Crippen LogP contribution in [-0.4, -0.2) is 37.4 Å². The number of hydrogen-bond acceptors (Lipinski definition) is 2. The number of rotatable bonds is 1. The maximum Gasteiger partial charge on any atom is 1.00 e. The second-order valence-electron chi connectivity index (χ2n) is 5.17. The van der Waals surface area contributed by atoms with Crippen LogP contribution in [0.2, 0.25) is 18.1 Å². The van der Waals surface area contributed by atoms with E-state index >= 15 is 0 Å². The molecule has 0 fully saturated rings. The van der Waals surface area contributed by atoms with Crippen LogP contribution < -0.4 is 29.6 Å². The van der Waals surface area contributed by atoms with Gasteiger partial charge in [-0.2, -0.15) is 13.2 Å². The molecule has 0 aliphatic heterocycles. The minimum atomic E-state index is -4.77. The molecule has 0 saturated carbocycles. The van der Waals surface area contributed by atoms with Crippen molar-refractivity contribution in [3.8, 4) is 0 Å². The Labute approximate surface area is 123 Å². The summed E-state index contributed by atoms with van der Waals surface area (Å²) in [4.78, 5) is 11.1. The largest absolute Gasteiger partial charge is 1.00 e. The van der Waals surface area contributed by atoms with Gasteiger partial charge in [-0.1, -0.05) is 33.9 Å². The van der Waals surface area contributed by atoms with Gasteiger partial charge in [-0.15, -0.1) is 0 Å². The van der Waals surface area contributed by atoms with Gasteiger partial charge in [-0.25, -0.2) is 0 Å². The predicted molar refractivity (Wildman–Crippen MR) is 58.0 cm³/mol. The van der Waals surface area contributed by atoms with Gasteiger partial charge in [0.1, 0.15) is 0 Å². The fraction of sp³-hybridized carbons (Fsp3) is 0.889. The molecule has 0 radical (unpaired) electrons. The van der Waals surface area contributed by atoms with E-state index in [1.165, 1.54) is 7.05 Å². The van der Waals surface area contributed by atoms with Gasteiger partial charge < -0.3 is 10.0 Å². The number of carbonyl (C=O) groups is 1. The average Bonchev–Trinajstić information content (AvgIpc) is 1.97. The summed E-state index contributed by atoms with van der Waals surface area (Å²) in [6, 6.07) is 0. The van der Waals surface area contributed by atoms with Crippen molar-refractivity contribution >= 4 is 14.1 Å². The minimum absolute atomic E-state index is 0. The van der Waals surface area contributed by atoms with Crippen LogP contribution in [0.3, 0.4) is 0 Å². The number of hydrogen-bond donors (Lipinski definition) is 0. The van der Waals surface area contributed by atoms with Crippen LogP contribution in [0.15, 0.2) is 0 Å². The standard InChI is InChI=1S/C9H18F3NOSi.Na.H2O/c1-8(2,3)15(5,6)13(4)7(14)9(10,11)12;;/h1-6H3;;1H2/q;+1;/p-1.